The van der Waals surface area contributed by atoms with Crippen molar-refractivity contribution in [2.24, 2.45) is 0 Å². The van der Waals surface area contributed by atoms with Crippen molar-refractivity contribution in [3.8, 4) is 0 Å². The van der Waals surface area contributed by atoms with Crippen LogP contribution in [0.25, 0.3) is 0 Å². The highest BCUT2D eigenvalue weighted by Gasteiger charge is 2.28. The molecule has 0 aromatic heterocycles. The van der Waals surface area contributed by atoms with Crippen molar-refractivity contribution in [1.29, 1.82) is 0 Å². The van der Waals surface area contributed by atoms with Gasteiger partial charge in [0.05, 0.1) is 31.0 Å². The molecule has 2 saturated heterocycles. The van der Waals surface area contributed by atoms with E-state index in [1.807, 2.05) is 24.3 Å². The highest BCUT2D eigenvalue weighted by molar-refractivity contribution is 6.01. The van der Waals surface area contributed by atoms with Crippen LogP contribution in [0.5, 0.6) is 0 Å². The number of hydrogen-bond donors (Lipinski definition) is 3. The third kappa shape index (κ3) is 3.14. The lowest BCUT2D eigenvalue weighted by Gasteiger charge is -2.30. The molecule has 0 spiro atoms. The van der Waals surface area contributed by atoms with Gasteiger partial charge in [0.1, 0.15) is 6.04 Å². The quantitative estimate of drug-likeness (QED) is 0.721. The third-order valence-electron chi connectivity index (χ3n) is 3.61. The monoisotopic (exact) mass is 290 g/mol. The summed E-state index contributed by atoms with van der Waals surface area (Å²) in [6.45, 7) is 2.97. The van der Waals surface area contributed by atoms with E-state index in [9.17, 15) is 9.59 Å². The second-order valence-corrected chi connectivity index (χ2v) is 5.06. The van der Waals surface area contributed by atoms with Crippen LogP contribution in [0.1, 0.15) is 6.42 Å². The molecule has 2 amide bonds. The molecule has 1 aromatic rings. The SMILES string of the molecule is O=C1CC(C(=O)Nc2ccccc2N2CCOCC2)NN1. The first-order chi connectivity index (χ1) is 10.2. The van der Waals surface area contributed by atoms with Gasteiger partial charge in [-0.1, -0.05) is 12.1 Å². The Morgan fingerprint density at radius 2 is 2.05 bits per heavy atom. The topological polar surface area (TPSA) is 82.7 Å². The number of benzene rings is 1. The Balaban J connectivity index is 1.72. The maximum absolute atomic E-state index is 12.2. The Labute approximate surface area is 122 Å². The van der Waals surface area contributed by atoms with Gasteiger partial charge in [-0.25, -0.2) is 5.43 Å². The molecule has 1 unspecified atom stereocenters. The first-order valence-corrected chi connectivity index (χ1v) is 7.01. The van der Waals surface area contributed by atoms with E-state index in [2.05, 4.69) is 21.1 Å². The van der Waals surface area contributed by atoms with E-state index in [4.69, 9.17) is 4.74 Å². The van der Waals surface area contributed by atoms with Gasteiger partial charge in [0, 0.05) is 13.1 Å². The number of amides is 2. The Morgan fingerprint density at radius 1 is 1.29 bits per heavy atom. The average molecular weight is 290 g/mol. The molecule has 112 valence electrons. The molecule has 7 heteroatoms. The highest BCUT2D eigenvalue weighted by atomic mass is 16.5. The van der Waals surface area contributed by atoms with Crippen molar-refractivity contribution in [2.75, 3.05) is 36.5 Å². The number of morpholine rings is 1. The van der Waals surface area contributed by atoms with Crippen LogP contribution < -0.4 is 21.1 Å². The molecule has 3 N–H and O–H groups in total. The molecule has 1 aromatic carbocycles. The van der Waals surface area contributed by atoms with Gasteiger partial charge < -0.3 is 15.0 Å². The van der Waals surface area contributed by atoms with Gasteiger partial charge in [-0.05, 0) is 12.1 Å². The van der Waals surface area contributed by atoms with Crippen LogP contribution in [0.15, 0.2) is 24.3 Å². The van der Waals surface area contributed by atoms with Gasteiger partial charge in [-0.3, -0.25) is 15.0 Å². The first-order valence-electron chi connectivity index (χ1n) is 7.01. The summed E-state index contributed by atoms with van der Waals surface area (Å²) in [6, 6.07) is 7.14. The minimum Gasteiger partial charge on any atom is -0.378 e. The number of rotatable bonds is 3. The number of ether oxygens (including phenoxy) is 1. The lowest BCUT2D eigenvalue weighted by atomic mass is 10.2. The fourth-order valence-electron chi connectivity index (χ4n) is 2.49. The number of hydrazine groups is 1. The highest BCUT2D eigenvalue weighted by Crippen LogP contribution is 2.26. The van der Waals surface area contributed by atoms with Crippen LogP contribution in [-0.4, -0.2) is 44.2 Å². The molecule has 0 saturated carbocycles. The van der Waals surface area contributed by atoms with Gasteiger partial charge in [0.2, 0.25) is 11.8 Å². The normalized spacial score (nSPS) is 22.0. The summed E-state index contributed by atoms with van der Waals surface area (Å²) < 4.78 is 5.35. The van der Waals surface area contributed by atoms with Crippen LogP contribution >= 0.6 is 0 Å². The number of nitrogens with zero attached hydrogens (tertiary/aromatic N) is 1. The molecular weight excluding hydrogens is 272 g/mol. The van der Waals surface area contributed by atoms with Crippen LogP contribution in [0.2, 0.25) is 0 Å². The zero-order valence-electron chi connectivity index (χ0n) is 11.6. The van der Waals surface area contributed by atoms with Gasteiger partial charge in [-0.15, -0.1) is 0 Å². The molecule has 0 aliphatic carbocycles. The third-order valence-corrected chi connectivity index (χ3v) is 3.61. The summed E-state index contributed by atoms with van der Waals surface area (Å²) in [5, 5.41) is 2.89. The summed E-state index contributed by atoms with van der Waals surface area (Å²) >= 11 is 0. The zero-order chi connectivity index (χ0) is 14.7. The van der Waals surface area contributed by atoms with Gasteiger partial charge in [-0.2, -0.15) is 0 Å². The molecule has 1 atom stereocenters. The molecule has 2 fully saturated rings. The first kappa shape index (κ1) is 13.8. The van der Waals surface area contributed by atoms with Crippen molar-refractivity contribution in [3.63, 3.8) is 0 Å². The summed E-state index contributed by atoms with van der Waals surface area (Å²) in [5.41, 5.74) is 6.85. The van der Waals surface area contributed by atoms with E-state index in [1.165, 1.54) is 0 Å². The van der Waals surface area contributed by atoms with Crippen LogP contribution in [-0.2, 0) is 14.3 Å². The molecule has 0 bridgehead atoms. The van der Waals surface area contributed by atoms with Crippen molar-refractivity contribution in [1.82, 2.24) is 10.9 Å². The standard InChI is InChI=1S/C14H18N4O3/c19-13-9-11(16-17-13)14(20)15-10-3-1-2-4-12(10)18-5-7-21-8-6-18/h1-4,11,16H,5-9H2,(H,15,20)(H,17,19). The lowest BCUT2D eigenvalue weighted by Crippen LogP contribution is -2.40. The lowest BCUT2D eigenvalue weighted by molar-refractivity contribution is -0.121. The molecule has 2 heterocycles. The van der Waals surface area contributed by atoms with Crippen molar-refractivity contribution >= 4 is 23.2 Å². The molecule has 2 aliphatic heterocycles. The van der Waals surface area contributed by atoms with E-state index in [-0.39, 0.29) is 18.2 Å². The predicted octanol–water partition coefficient (Wildman–Crippen LogP) is -0.145. The Hall–Kier alpha value is -2.12. The number of nitrogens with one attached hydrogen (secondary N) is 3. The zero-order valence-corrected chi connectivity index (χ0v) is 11.6. The number of para-hydroxylation sites is 2. The second-order valence-electron chi connectivity index (χ2n) is 5.06. The van der Waals surface area contributed by atoms with Crippen LogP contribution in [0.3, 0.4) is 0 Å². The minimum absolute atomic E-state index is 0.158. The fourth-order valence-corrected chi connectivity index (χ4v) is 2.49. The molecule has 3 rings (SSSR count). The van der Waals surface area contributed by atoms with Gasteiger partial charge >= 0.3 is 0 Å². The minimum atomic E-state index is -0.532. The Bertz CT molecular complexity index is 543. The van der Waals surface area contributed by atoms with Crippen molar-refractivity contribution in [2.45, 2.75) is 12.5 Å². The molecule has 7 nitrogen and oxygen atoms in total. The molecule has 0 radical (unpaired) electrons. The van der Waals surface area contributed by atoms with E-state index < -0.39 is 6.04 Å². The number of hydrogen-bond acceptors (Lipinski definition) is 5. The number of carbonyl (C=O) groups is 2. The number of anilines is 2. The molecular formula is C14H18N4O3. The van der Waals surface area contributed by atoms with Gasteiger partial charge in [0.15, 0.2) is 0 Å². The van der Waals surface area contributed by atoms with E-state index >= 15 is 0 Å². The maximum Gasteiger partial charge on any atom is 0.243 e. The van der Waals surface area contributed by atoms with E-state index in [0.717, 1.165) is 24.5 Å². The number of carbonyl (C=O) groups excluding carboxylic acids is 2. The largest absolute Gasteiger partial charge is 0.378 e. The predicted molar refractivity (Wildman–Crippen MR) is 77.8 cm³/mol. The Morgan fingerprint density at radius 3 is 2.76 bits per heavy atom. The smallest absolute Gasteiger partial charge is 0.243 e. The Kier molecular flexibility index (Phi) is 4.03. The van der Waals surface area contributed by atoms with Crippen molar-refractivity contribution in [3.05, 3.63) is 24.3 Å². The molecule has 2 aliphatic rings. The van der Waals surface area contributed by atoms with Crippen LogP contribution in [0.4, 0.5) is 11.4 Å². The van der Waals surface area contributed by atoms with E-state index in [0.29, 0.717) is 13.2 Å². The fraction of sp³-hybridized carbons (Fsp3) is 0.429. The summed E-state index contributed by atoms with van der Waals surface area (Å²) in [7, 11) is 0. The average Bonchev–Trinajstić information content (AvgIpc) is 2.95. The molecule has 21 heavy (non-hydrogen) atoms. The second kappa shape index (κ2) is 6.11. The van der Waals surface area contributed by atoms with E-state index in [1.54, 1.807) is 0 Å². The van der Waals surface area contributed by atoms with Crippen LogP contribution in [0, 0.1) is 0 Å². The maximum atomic E-state index is 12.2. The summed E-state index contributed by atoms with van der Waals surface area (Å²) in [4.78, 5) is 25.5. The van der Waals surface area contributed by atoms with Gasteiger partial charge in [0.25, 0.3) is 0 Å². The summed E-state index contributed by atoms with van der Waals surface area (Å²) in [6.07, 6.45) is 0.158. The van der Waals surface area contributed by atoms with Crippen molar-refractivity contribution < 1.29 is 14.3 Å². The summed E-state index contributed by atoms with van der Waals surface area (Å²) in [5.74, 6) is -0.384.